The van der Waals surface area contributed by atoms with E-state index in [1.165, 1.54) is 11.3 Å². The minimum Gasteiger partial charge on any atom is -0.490 e. The summed E-state index contributed by atoms with van der Waals surface area (Å²) in [6.45, 7) is 16.3. The van der Waals surface area contributed by atoms with E-state index in [1.807, 2.05) is 39.0 Å². The number of carbonyl (C=O) groups is 1. The van der Waals surface area contributed by atoms with Gasteiger partial charge in [0.05, 0.1) is 10.2 Å². The van der Waals surface area contributed by atoms with E-state index in [0.717, 1.165) is 14.1 Å². The second-order valence-corrected chi connectivity index (χ2v) is 16.4. The van der Waals surface area contributed by atoms with Gasteiger partial charge in [-0.1, -0.05) is 20.8 Å². The first-order chi connectivity index (χ1) is 12.7. The summed E-state index contributed by atoms with van der Waals surface area (Å²) in [5.74, 6) is 0.287. The van der Waals surface area contributed by atoms with Crippen LogP contribution in [0.5, 0.6) is 5.75 Å². The minimum absolute atomic E-state index is 0.0267. The van der Waals surface area contributed by atoms with Crippen molar-refractivity contribution in [3.05, 3.63) is 22.1 Å². The lowest BCUT2D eigenvalue weighted by atomic mass is 10.2. The fourth-order valence-electron chi connectivity index (χ4n) is 2.19. The van der Waals surface area contributed by atoms with Gasteiger partial charge in [-0.2, -0.15) is 0 Å². The molecule has 0 aliphatic heterocycles. The zero-order valence-corrected chi connectivity index (χ0v) is 21.3. The maximum absolute atomic E-state index is 12.8. The largest absolute Gasteiger partial charge is 0.490 e. The molecule has 5 nitrogen and oxygen atoms in total. The summed E-state index contributed by atoms with van der Waals surface area (Å²) in [4.78, 5) is 17.2. The molecule has 2 rings (SSSR count). The molecular weight excluding hydrogens is 458 g/mol. The standard InChI is InChI=1S/C20H30BrNO4SSi/c1-19(2,3)25-17(23)15(26-28(7,8)20(4,5)6)12-24-13-9-10-14-16(11-13)27-18(21)22-14/h9-11,15H,12H2,1-8H3/t15-/m1/s1. The lowest BCUT2D eigenvalue weighted by molar-refractivity contribution is -0.165. The third-order valence-electron chi connectivity index (χ3n) is 4.65. The van der Waals surface area contributed by atoms with Crippen molar-refractivity contribution in [1.29, 1.82) is 0 Å². The second kappa shape index (κ2) is 8.42. The van der Waals surface area contributed by atoms with Gasteiger partial charge in [-0.3, -0.25) is 0 Å². The Bertz CT molecular complexity index is 839. The topological polar surface area (TPSA) is 57.7 Å². The van der Waals surface area contributed by atoms with Crippen LogP contribution < -0.4 is 4.74 Å². The zero-order chi connectivity index (χ0) is 21.3. The summed E-state index contributed by atoms with van der Waals surface area (Å²) in [6.07, 6.45) is -0.774. The molecule has 0 spiro atoms. The Morgan fingerprint density at radius 1 is 1.21 bits per heavy atom. The van der Waals surface area contributed by atoms with Crippen molar-refractivity contribution in [2.24, 2.45) is 0 Å². The van der Waals surface area contributed by atoms with Gasteiger partial charge in [-0.25, -0.2) is 9.78 Å². The third kappa shape index (κ3) is 6.27. The van der Waals surface area contributed by atoms with Crippen LogP contribution in [-0.2, 0) is 14.0 Å². The lowest BCUT2D eigenvalue weighted by Gasteiger charge is -2.38. The van der Waals surface area contributed by atoms with Crippen LogP contribution in [0.25, 0.3) is 10.2 Å². The summed E-state index contributed by atoms with van der Waals surface area (Å²) >= 11 is 4.94. The van der Waals surface area contributed by atoms with Crippen LogP contribution >= 0.6 is 27.3 Å². The first kappa shape index (κ1) is 23.3. The molecule has 0 radical (unpaired) electrons. The maximum Gasteiger partial charge on any atom is 0.338 e. The SMILES string of the molecule is CC(C)(C)OC(=O)[C@@H](COc1ccc2nc(Br)sc2c1)O[Si](C)(C)C(C)(C)C. The number of fused-ring (bicyclic) bond motifs is 1. The van der Waals surface area contributed by atoms with Crippen molar-refractivity contribution in [2.45, 2.75) is 71.4 Å². The number of thiazole rings is 1. The second-order valence-electron chi connectivity index (χ2n) is 9.31. The molecule has 1 atom stereocenters. The molecule has 1 aromatic carbocycles. The Morgan fingerprint density at radius 3 is 2.43 bits per heavy atom. The van der Waals surface area contributed by atoms with E-state index < -0.39 is 20.0 Å². The quantitative estimate of drug-likeness (QED) is 0.360. The number of esters is 1. The number of aromatic nitrogens is 1. The summed E-state index contributed by atoms with van der Waals surface area (Å²) in [6, 6.07) is 5.69. The average Bonchev–Trinajstić information content (AvgIpc) is 2.87. The van der Waals surface area contributed by atoms with Crippen LogP contribution in [0.2, 0.25) is 18.1 Å². The molecule has 156 valence electrons. The highest BCUT2D eigenvalue weighted by Crippen LogP contribution is 2.37. The fourth-order valence-corrected chi connectivity index (χ4v) is 4.85. The Hall–Kier alpha value is -0.963. The minimum atomic E-state index is -2.18. The Kier molecular flexibility index (Phi) is 7.01. The average molecular weight is 489 g/mol. The predicted molar refractivity (Wildman–Crippen MR) is 121 cm³/mol. The molecule has 2 aromatic rings. The number of carbonyl (C=O) groups excluding carboxylic acids is 1. The normalized spacial score (nSPS) is 14.2. The molecule has 1 aromatic heterocycles. The first-order valence-electron chi connectivity index (χ1n) is 9.27. The van der Waals surface area contributed by atoms with Gasteiger partial charge in [0.2, 0.25) is 0 Å². The van der Waals surface area contributed by atoms with Gasteiger partial charge in [0, 0.05) is 0 Å². The van der Waals surface area contributed by atoms with Crippen molar-refractivity contribution < 1.29 is 18.7 Å². The van der Waals surface area contributed by atoms with Crippen LogP contribution in [-0.4, -0.2) is 37.6 Å². The van der Waals surface area contributed by atoms with Crippen LogP contribution in [0, 0.1) is 0 Å². The molecule has 0 aliphatic rings. The summed E-state index contributed by atoms with van der Waals surface area (Å²) in [5.41, 5.74) is 0.324. The maximum atomic E-state index is 12.8. The van der Waals surface area contributed by atoms with E-state index >= 15 is 0 Å². The Morgan fingerprint density at radius 2 is 1.86 bits per heavy atom. The molecule has 0 fully saturated rings. The number of halogens is 1. The molecule has 0 bridgehead atoms. The smallest absolute Gasteiger partial charge is 0.338 e. The molecule has 28 heavy (non-hydrogen) atoms. The van der Waals surface area contributed by atoms with Crippen LogP contribution in [0.3, 0.4) is 0 Å². The number of rotatable bonds is 6. The van der Waals surface area contributed by atoms with Gasteiger partial charge in [-0.05, 0) is 73.0 Å². The summed E-state index contributed by atoms with van der Waals surface area (Å²) in [5, 5.41) is -0.0267. The van der Waals surface area contributed by atoms with Crippen LogP contribution in [0.1, 0.15) is 41.5 Å². The monoisotopic (exact) mass is 487 g/mol. The van der Waals surface area contributed by atoms with Crippen molar-refractivity contribution in [3.8, 4) is 5.75 Å². The lowest BCUT2D eigenvalue weighted by Crippen LogP contribution is -2.49. The number of hydrogen-bond acceptors (Lipinski definition) is 6. The van der Waals surface area contributed by atoms with Gasteiger partial charge in [0.1, 0.15) is 18.0 Å². The highest BCUT2D eigenvalue weighted by molar-refractivity contribution is 9.11. The number of benzene rings is 1. The van der Waals surface area contributed by atoms with Crippen molar-refractivity contribution in [1.82, 2.24) is 4.98 Å². The molecule has 0 amide bonds. The van der Waals surface area contributed by atoms with Crippen molar-refractivity contribution in [2.75, 3.05) is 6.61 Å². The summed E-state index contributed by atoms with van der Waals surface area (Å²) < 4.78 is 19.7. The number of hydrogen-bond donors (Lipinski definition) is 0. The molecular formula is C20H30BrNO4SSi. The van der Waals surface area contributed by atoms with Crippen LogP contribution in [0.15, 0.2) is 22.1 Å². The predicted octanol–water partition coefficient (Wildman–Crippen LogP) is 6.17. The highest BCUT2D eigenvalue weighted by atomic mass is 79.9. The molecule has 0 saturated carbocycles. The van der Waals surface area contributed by atoms with Gasteiger partial charge in [-0.15, -0.1) is 11.3 Å². The third-order valence-corrected chi connectivity index (χ3v) is 10.6. The molecule has 0 N–H and O–H groups in total. The molecule has 1 heterocycles. The first-order valence-corrected chi connectivity index (χ1v) is 13.8. The molecule has 0 unspecified atom stereocenters. The van der Waals surface area contributed by atoms with Gasteiger partial charge >= 0.3 is 5.97 Å². The van der Waals surface area contributed by atoms with E-state index in [9.17, 15) is 4.79 Å². The summed E-state index contributed by atoms with van der Waals surface area (Å²) in [7, 11) is -2.18. The molecule has 0 aliphatic carbocycles. The molecule has 8 heteroatoms. The van der Waals surface area contributed by atoms with Gasteiger partial charge in [0.15, 0.2) is 18.3 Å². The van der Waals surface area contributed by atoms with Gasteiger partial charge in [0.25, 0.3) is 0 Å². The number of ether oxygens (including phenoxy) is 2. The van der Waals surface area contributed by atoms with Crippen molar-refractivity contribution >= 4 is 51.8 Å². The zero-order valence-electron chi connectivity index (χ0n) is 17.9. The Balaban J connectivity index is 2.18. The van der Waals surface area contributed by atoms with Gasteiger partial charge < -0.3 is 13.9 Å². The number of nitrogens with zero attached hydrogens (tertiary/aromatic N) is 1. The van der Waals surface area contributed by atoms with E-state index in [-0.39, 0.29) is 17.6 Å². The van der Waals surface area contributed by atoms with E-state index in [1.54, 1.807) is 0 Å². The molecule has 0 saturated heterocycles. The fraction of sp³-hybridized carbons (Fsp3) is 0.600. The van der Waals surface area contributed by atoms with E-state index in [2.05, 4.69) is 54.8 Å². The van der Waals surface area contributed by atoms with E-state index in [0.29, 0.717) is 5.75 Å². The van der Waals surface area contributed by atoms with Crippen molar-refractivity contribution in [3.63, 3.8) is 0 Å². The highest BCUT2D eigenvalue weighted by Gasteiger charge is 2.42. The Labute approximate surface area is 181 Å². The van der Waals surface area contributed by atoms with Crippen LogP contribution in [0.4, 0.5) is 0 Å². The van der Waals surface area contributed by atoms with E-state index in [4.69, 9.17) is 13.9 Å².